The van der Waals surface area contributed by atoms with Gasteiger partial charge < -0.3 is 49.7 Å². The molecule has 0 spiro atoms. The fourth-order valence-electron chi connectivity index (χ4n) is 6.30. The van der Waals surface area contributed by atoms with Gasteiger partial charge in [-0.1, -0.05) is 112 Å². The lowest BCUT2D eigenvalue weighted by molar-refractivity contribution is -0.216. The minimum Gasteiger partial charge on any atom is -0.462 e. The monoisotopic (exact) mass is 976 g/mol. The van der Waals surface area contributed by atoms with Crippen molar-refractivity contribution in [3.05, 3.63) is 85.1 Å². The highest BCUT2D eigenvalue weighted by Crippen LogP contribution is 2.49. The molecule has 0 aromatic carbocycles. The van der Waals surface area contributed by atoms with Crippen LogP contribution in [0.4, 0.5) is 0 Å². The SMILES string of the molecule is CCCCC/C=C\C/C=C\C/C=C\CCCCC(=O)OC[C@H](COP(=O)(O)O[C@H]1C(O)C(O)C(O)[C@@H](OP(=O)(O)O)C1O)OC(=O)CCC/C=C\C/C=C\C/C=C\C/C=C\CC[C@H](O)CC. The summed E-state index contributed by atoms with van der Waals surface area (Å²) in [4.78, 5) is 54.2. The van der Waals surface area contributed by atoms with Crippen molar-refractivity contribution in [3.63, 3.8) is 0 Å². The van der Waals surface area contributed by atoms with Gasteiger partial charge in [-0.15, -0.1) is 0 Å². The van der Waals surface area contributed by atoms with Gasteiger partial charge in [-0.2, -0.15) is 0 Å². The first-order valence-corrected chi connectivity index (χ1v) is 26.2. The van der Waals surface area contributed by atoms with Gasteiger partial charge in [0.25, 0.3) is 0 Å². The van der Waals surface area contributed by atoms with Gasteiger partial charge in [0.15, 0.2) is 6.10 Å². The molecule has 0 saturated heterocycles. The number of ether oxygens (including phenoxy) is 2. The summed E-state index contributed by atoms with van der Waals surface area (Å²) in [6.45, 7) is 2.70. The van der Waals surface area contributed by atoms with E-state index in [9.17, 15) is 49.1 Å². The van der Waals surface area contributed by atoms with E-state index in [1.807, 2.05) is 37.3 Å². The van der Waals surface area contributed by atoms with Gasteiger partial charge in [0, 0.05) is 12.8 Å². The van der Waals surface area contributed by atoms with Crippen LogP contribution in [0, 0.1) is 0 Å². The first-order chi connectivity index (χ1) is 31.5. The van der Waals surface area contributed by atoms with Crippen LogP contribution in [0.2, 0.25) is 0 Å². The van der Waals surface area contributed by atoms with Crippen LogP contribution in [0.15, 0.2) is 85.1 Å². The Balaban J connectivity index is 2.69. The van der Waals surface area contributed by atoms with Crippen molar-refractivity contribution in [3.8, 4) is 0 Å². The maximum atomic E-state index is 13.0. The largest absolute Gasteiger partial charge is 0.472 e. The van der Waals surface area contributed by atoms with Gasteiger partial charge in [0.05, 0.1) is 12.7 Å². The first kappa shape index (κ1) is 61.2. The van der Waals surface area contributed by atoms with Crippen molar-refractivity contribution < 1.29 is 82.0 Å². The molecule has 0 amide bonds. The summed E-state index contributed by atoms with van der Waals surface area (Å²) in [7, 11) is -10.7. The molecule has 66 heavy (non-hydrogen) atoms. The van der Waals surface area contributed by atoms with E-state index in [1.54, 1.807) is 0 Å². The number of hydrogen-bond acceptors (Lipinski definition) is 14. The fourth-order valence-corrected chi connectivity index (χ4v) is 7.84. The summed E-state index contributed by atoms with van der Waals surface area (Å²) in [5.74, 6) is -1.34. The number of rotatable bonds is 37. The quantitative estimate of drug-likeness (QED) is 0.0129. The summed E-state index contributed by atoms with van der Waals surface area (Å²) >= 11 is 0. The number of carbonyl (C=O) groups is 2. The number of hydrogen-bond donors (Lipinski definition) is 8. The highest BCUT2D eigenvalue weighted by atomic mass is 31.2. The smallest absolute Gasteiger partial charge is 0.462 e. The maximum absolute atomic E-state index is 13.0. The summed E-state index contributed by atoms with van der Waals surface area (Å²) < 4.78 is 49.2. The van der Waals surface area contributed by atoms with Crippen LogP contribution in [0.1, 0.15) is 136 Å². The molecule has 0 aliphatic heterocycles. The standard InChI is InChI=1S/C47H78O17P2/c1-3-5-6-7-8-9-10-11-12-16-19-22-25-28-31-34-40(49)60-36-39(37-61-66(58,59)64-47-44(53)42(51)43(52)46(45(47)54)63-65(55,56)57)62-41(50)35-32-29-26-23-20-17-14-13-15-18-21-24-27-30-33-38(48)4-2/h8-9,11-12,14-15,17-19,22-24,26-27,38-39,42-48,51-54H,3-7,10,13,16,20-21,25,28-37H2,1-2H3,(H,58,59)(H2,55,56,57)/b9-8-,12-11-,17-14-,18-15-,22-19-,26-23-,27-24-/t38-,39-,42?,43?,44?,45?,46-,47+/m1/s1. The van der Waals surface area contributed by atoms with Crippen molar-refractivity contribution in [1.82, 2.24) is 0 Å². The fraction of sp³-hybridized carbons (Fsp3) is 0.660. The molecule has 0 aromatic heterocycles. The van der Waals surface area contributed by atoms with Crippen LogP contribution >= 0.6 is 15.6 Å². The molecule has 17 nitrogen and oxygen atoms in total. The van der Waals surface area contributed by atoms with Gasteiger partial charge in [0.1, 0.15) is 43.2 Å². The van der Waals surface area contributed by atoms with E-state index in [-0.39, 0.29) is 18.9 Å². The van der Waals surface area contributed by atoms with E-state index in [0.717, 1.165) is 57.8 Å². The molecule has 19 heteroatoms. The molecule has 0 radical (unpaired) electrons. The highest BCUT2D eigenvalue weighted by molar-refractivity contribution is 7.47. The van der Waals surface area contributed by atoms with E-state index in [1.165, 1.54) is 19.3 Å². The second kappa shape index (κ2) is 37.1. The molecule has 1 aliphatic carbocycles. The summed E-state index contributed by atoms with van der Waals surface area (Å²) in [5, 5.41) is 50.8. The molecule has 378 valence electrons. The number of aliphatic hydroxyl groups excluding tert-OH is 5. The second-order valence-corrected chi connectivity index (χ2v) is 18.5. The third-order valence-electron chi connectivity index (χ3n) is 10.1. The van der Waals surface area contributed by atoms with Crippen LogP contribution in [0.3, 0.4) is 0 Å². The number of carbonyl (C=O) groups excluding carboxylic acids is 2. The molecule has 0 heterocycles. The van der Waals surface area contributed by atoms with Gasteiger partial charge in [-0.3, -0.25) is 23.2 Å². The number of unbranched alkanes of at least 4 members (excludes halogenated alkanes) is 6. The zero-order valence-corrected chi connectivity index (χ0v) is 40.5. The Bertz CT molecular complexity index is 1620. The van der Waals surface area contributed by atoms with Crippen LogP contribution in [-0.4, -0.2) is 114 Å². The lowest BCUT2D eigenvalue weighted by Gasteiger charge is -2.43. The van der Waals surface area contributed by atoms with E-state index >= 15 is 0 Å². The van der Waals surface area contributed by atoms with E-state index in [2.05, 4.69) is 66.1 Å². The molecule has 1 fully saturated rings. The predicted molar refractivity (Wildman–Crippen MR) is 251 cm³/mol. The third-order valence-corrected chi connectivity index (χ3v) is 11.6. The van der Waals surface area contributed by atoms with Crippen molar-refractivity contribution in [2.75, 3.05) is 13.2 Å². The molecule has 5 unspecified atom stereocenters. The molecule has 0 bridgehead atoms. The zero-order chi connectivity index (χ0) is 49.1. The lowest BCUT2D eigenvalue weighted by Crippen LogP contribution is -2.64. The number of allylic oxidation sites excluding steroid dienone is 14. The average molecular weight is 977 g/mol. The number of phosphoric acid groups is 2. The number of aliphatic hydroxyl groups is 5. The van der Waals surface area contributed by atoms with E-state index in [0.29, 0.717) is 32.1 Å². The highest BCUT2D eigenvalue weighted by Gasteiger charge is 2.54. The van der Waals surface area contributed by atoms with Crippen molar-refractivity contribution in [1.29, 1.82) is 0 Å². The van der Waals surface area contributed by atoms with Crippen LogP contribution in [0.5, 0.6) is 0 Å². The van der Waals surface area contributed by atoms with Crippen molar-refractivity contribution >= 4 is 27.6 Å². The molecular formula is C47H78O17P2. The number of phosphoric ester groups is 2. The van der Waals surface area contributed by atoms with Crippen molar-refractivity contribution in [2.24, 2.45) is 0 Å². The Hall–Kier alpha value is -2.86. The van der Waals surface area contributed by atoms with Gasteiger partial charge in [-0.05, 0) is 96.3 Å². The zero-order valence-electron chi connectivity index (χ0n) is 38.7. The third kappa shape index (κ3) is 31.2. The molecule has 8 N–H and O–H groups in total. The van der Waals surface area contributed by atoms with E-state index in [4.69, 9.17) is 28.3 Å². The maximum Gasteiger partial charge on any atom is 0.472 e. The normalized spacial score (nSPS) is 22.8. The lowest BCUT2D eigenvalue weighted by atomic mass is 9.85. The Morgan fingerprint density at radius 1 is 0.545 bits per heavy atom. The van der Waals surface area contributed by atoms with Crippen LogP contribution < -0.4 is 0 Å². The Labute approximate surface area is 391 Å². The minimum atomic E-state index is -5.38. The molecule has 1 saturated carbocycles. The Kier molecular flexibility index (Phi) is 34.4. The molecule has 0 aromatic rings. The summed E-state index contributed by atoms with van der Waals surface area (Å²) in [5.41, 5.74) is 0. The Morgan fingerprint density at radius 3 is 1.50 bits per heavy atom. The molecule has 1 rings (SSSR count). The van der Waals surface area contributed by atoms with Gasteiger partial charge >= 0.3 is 27.6 Å². The first-order valence-electron chi connectivity index (χ1n) is 23.2. The minimum absolute atomic E-state index is 0.0487. The van der Waals surface area contributed by atoms with Crippen LogP contribution in [0.25, 0.3) is 0 Å². The van der Waals surface area contributed by atoms with Crippen molar-refractivity contribution in [2.45, 2.75) is 185 Å². The molecular weight excluding hydrogens is 898 g/mol. The molecule has 1 aliphatic rings. The van der Waals surface area contributed by atoms with Gasteiger partial charge in [-0.25, -0.2) is 9.13 Å². The van der Waals surface area contributed by atoms with Crippen LogP contribution in [-0.2, 0) is 41.8 Å². The number of esters is 2. The second-order valence-electron chi connectivity index (χ2n) is 15.9. The van der Waals surface area contributed by atoms with E-state index < -0.39 is 83.5 Å². The summed E-state index contributed by atoms with van der Waals surface area (Å²) in [6, 6.07) is 0. The average Bonchev–Trinajstić information content (AvgIpc) is 3.27. The summed E-state index contributed by atoms with van der Waals surface area (Å²) in [6.07, 6.45) is 27.8. The van der Waals surface area contributed by atoms with Gasteiger partial charge in [0.2, 0.25) is 0 Å². The topological polar surface area (TPSA) is 276 Å². The molecule has 9 atom stereocenters. The predicted octanol–water partition coefficient (Wildman–Crippen LogP) is 7.58. The Morgan fingerprint density at radius 2 is 1.00 bits per heavy atom.